The highest BCUT2D eigenvalue weighted by Crippen LogP contribution is 2.21. The topological polar surface area (TPSA) is 105 Å². The molecule has 2 aromatic carbocycles. The average molecular weight is 500 g/mol. The van der Waals surface area contributed by atoms with Crippen LogP contribution in [0.4, 0.5) is 0 Å². The molecule has 0 radical (unpaired) electrons. The molecule has 8 nitrogen and oxygen atoms in total. The van der Waals surface area contributed by atoms with Crippen LogP contribution in [0.25, 0.3) is 6.08 Å². The van der Waals surface area contributed by atoms with Crippen LogP contribution in [0.1, 0.15) is 55.5 Å². The lowest BCUT2D eigenvalue weighted by Gasteiger charge is -2.19. The van der Waals surface area contributed by atoms with E-state index >= 15 is 0 Å². The first kappa shape index (κ1) is 26.4. The van der Waals surface area contributed by atoms with Crippen molar-refractivity contribution in [3.63, 3.8) is 0 Å². The second-order valence-electron chi connectivity index (χ2n) is 8.89. The molecule has 1 saturated heterocycles. The van der Waals surface area contributed by atoms with Crippen LogP contribution in [0.15, 0.2) is 59.5 Å². The predicted octanol–water partition coefficient (Wildman–Crippen LogP) is 3.76. The van der Waals surface area contributed by atoms with Crippen LogP contribution in [-0.2, 0) is 14.8 Å². The molecule has 0 atom stereocenters. The van der Waals surface area contributed by atoms with Crippen molar-refractivity contribution in [3.05, 3.63) is 65.7 Å². The number of ether oxygens (including phenoxy) is 1. The molecule has 35 heavy (non-hydrogen) atoms. The van der Waals surface area contributed by atoms with Gasteiger partial charge in [-0.3, -0.25) is 20.4 Å². The predicted molar refractivity (Wildman–Crippen MR) is 135 cm³/mol. The molecule has 0 bridgehead atoms. The molecule has 1 heterocycles. The Morgan fingerprint density at radius 3 is 2.17 bits per heavy atom. The smallest absolute Gasteiger partial charge is 0.269 e. The minimum Gasteiger partial charge on any atom is -0.493 e. The highest BCUT2D eigenvalue weighted by atomic mass is 32.2. The molecule has 2 aromatic rings. The van der Waals surface area contributed by atoms with Crippen LogP contribution in [0, 0.1) is 5.92 Å². The Morgan fingerprint density at radius 2 is 1.57 bits per heavy atom. The van der Waals surface area contributed by atoms with E-state index in [4.69, 9.17) is 4.74 Å². The maximum atomic E-state index is 12.9. The van der Waals surface area contributed by atoms with Crippen LogP contribution in [0.3, 0.4) is 0 Å². The van der Waals surface area contributed by atoms with Crippen LogP contribution in [0.5, 0.6) is 5.75 Å². The molecule has 3 rings (SSSR count). The highest BCUT2D eigenvalue weighted by Gasteiger charge is 2.24. The van der Waals surface area contributed by atoms with Crippen molar-refractivity contribution >= 4 is 27.9 Å². The van der Waals surface area contributed by atoms with Gasteiger partial charge in [-0.2, -0.15) is 4.31 Å². The van der Waals surface area contributed by atoms with Crippen LogP contribution in [-0.4, -0.2) is 44.2 Å². The summed E-state index contributed by atoms with van der Waals surface area (Å²) in [7, 11) is -3.51. The maximum absolute atomic E-state index is 12.9. The van der Waals surface area contributed by atoms with E-state index in [1.54, 1.807) is 58.9 Å². The Balaban J connectivity index is 1.50. The number of carbonyl (C=O) groups excluding carboxylic acids is 2. The third-order valence-electron chi connectivity index (χ3n) is 5.51. The number of carbonyl (C=O) groups is 2. The Hall–Kier alpha value is -3.17. The van der Waals surface area contributed by atoms with Crippen molar-refractivity contribution in [3.8, 4) is 5.75 Å². The zero-order chi connectivity index (χ0) is 25.3. The van der Waals surface area contributed by atoms with Gasteiger partial charge in [-0.1, -0.05) is 38.8 Å². The molecule has 2 amide bonds. The van der Waals surface area contributed by atoms with Gasteiger partial charge in [-0.25, -0.2) is 8.42 Å². The van der Waals surface area contributed by atoms with Crippen molar-refractivity contribution in [1.82, 2.24) is 15.2 Å². The first-order valence-electron chi connectivity index (χ1n) is 11.9. The Labute approximate surface area is 207 Å². The number of hydrogen-bond donors (Lipinski definition) is 2. The van der Waals surface area contributed by atoms with E-state index < -0.39 is 21.8 Å². The Morgan fingerprint density at radius 1 is 0.943 bits per heavy atom. The standard InChI is InChI=1S/C26H33N3O5S/c1-20(2)19-34-23-12-10-22(11-13-23)26(31)28-27-25(30)16-9-21-7-14-24(15-8-21)35(32,33)29-17-5-3-4-6-18-29/h7-16,20H,3-6,17-19H2,1-2H3,(H,27,30)(H,28,31)/b16-9+. The third kappa shape index (κ3) is 7.93. The van der Waals surface area contributed by atoms with Gasteiger partial charge in [0.05, 0.1) is 11.5 Å². The molecule has 0 saturated carbocycles. The average Bonchev–Trinajstić information content (AvgIpc) is 3.16. The van der Waals surface area contributed by atoms with Crippen LogP contribution in [0.2, 0.25) is 0 Å². The van der Waals surface area contributed by atoms with Crippen molar-refractivity contribution < 1.29 is 22.7 Å². The monoisotopic (exact) mass is 499 g/mol. The van der Waals surface area contributed by atoms with Gasteiger partial charge < -0.3 is 4.74 Å². The van der Waals surface area contributed by atoms with Gasteiger partial charge in [0.25, 0.3) is 11.8 Å². The zero-order valence-corrected chi connectivity index (χ0v) is 21.0. The fourth-order valence-electron chi connectivity index (χ4n) is 3.55. The molecule has 9 heteroatoms. The largest absolute Gasteiger partial charge is 0.493 e. The molecule has 1 fully saturated rings. The number of hydrazine groups is 1. The van der Waals surface area contributed by atoms with Gasteiger partial charge in [0, 0.05) is 24.7 Å². The lowest BCUT2D eigenvalue weighted by molar-refractivity contribution is -0.117. The summed E-state index contributed by atoms with van der Waals surface area (Å²) in [6.45, 7) is 5.79. The van der Waals surface area contributed by atoms with E-state index in [-0.39, 0.29) is 4.90 Å². The van der Waals surface area contributed by atoms with Gasteiger partial charge in [0.15, 0.2) is 0 Å². The molecule has 1 aliphatic heterocycles. The molecule has 0 aliphatic carbocycles. The van der Waals surface area contributed by atoms with Crippen LogP contribution >= 0.6 is 0 Å². The minimum absolute atomic E-state index is 0.244. The van der Waals surface area contributed by atoms with Gasteiger partial charge >= 0.3 is 0 Å². The number of benzene rings is 2. The van der Waals surface area contributed by atoms with E-state index in [9.17, 15) is 18.0 Å². The summed E-state index contributed by atoms with van der Waals surface area (Å²) >= 11 is 0. The SMILES string of the molecule is CC(C)COc1ccc(C(=O)NNC(=O)/C=C/c2ccc(S(=O)(=O)N3CCCCCC3)cc2)cc1. The molecule has 0 aromatic heterocycles. The molecule has 188 valence electrons. The van der Waals surface area contributed by atoms with Crippen molar-refractivity contribution in [1.29, 1.82) is 0 Å². The number of hydrogen-bond acceptors (Lipinski definition) is 5. The second-order valence-corrected chi connectivity index (χ2v) is 10.8. The fourth-order valence-corrected chi connectivity index (χ4v) is 5.07. The van der Waals surface area contributed by atoms with E-state index in [0.29, 0.717) is 42.5 Å². The van der Waals surface area contributed by atoms with E-state index in [0.717, 1.165) is 25.7 Å². The Kier molecular flexibility index (Phi) is 9.45. The van der Waals surface area contributed by atoms with Crippen molar-refractivity contribution in [2.24, 2.45) is 5.92 Å². The lowest BCUT2D eigenvalue weighted by Crippen LogP contribution is -2.40. The summed E-state index contributed by atoms with van der Waals surface area (Å²) in [5.74, 6) is 0.102. The quantitative estimate of drug-likeness (QED) is 0.425. The molecule has 0 unspecified atom stereocenters. The molecule has 2 N–H and O–H groups in total. The minimum atomic E-state index is -3.51. The summed E-state index contributed by atoms with van der Waals surface area (Å²) < 4.78 is 32.9. The zero-order valence-electron chi connectivity index (χ0n) is 20.2. The number of amides is 2. The molecular weight excluding hydrogens is 466 g/mol. The van der Waals surface area contributed by atoms with E-state index in [2.05, 4.69) is 24.7 Å². The van der Waals surface area contributed by atoms with Crippen LogP contribution < -0.4 is 15.6 Å². The lowest BCUT2D eigenvalue weighted by atomic mass is 10.2. The molecule has 1 aliphatic rings. The second kappa shape index (κ2) is 12.5. The summed E-state index contributed by atoms with van der Waals surface area (Å²) in [4.78, 5) is 24.6. The number of nitrogens with zero attached hydrogens (tertiary/aromatic N) is 1. The number of rotatable bonds is 8. The summed E-state index contributed by atoms with van der Waals surface area (Å²) in [5.41, 5.74) is 5.74. The summed E-state index contributed by atoms with van der Waals surface area (Å²) in [6.07, 6.45) is 6.68. The summed E-state index contributed by atoms with van der Waals surface area (Å²) in [5, 5.41) is 0. The molecular formula is C26H33N3O5S. The third-order valence-corrected chi connectivity index (χ3v) is 7.42. The first-order chi connectivity index (χ1) is 16.8. The van der Waals surface area contributed by atoms with Gasteiger partial charge in [0.1, 0.15) is 5.75 Å². The van der Waals surface area contributed by atoms with Gasteiger partial charge in [0.2, 0.25) is 10.0 Å². The number of sulfonamides is 1. The first-order valence-corrected chi connectivity index (χ1v) is 13.3. The summed E-state index contributed by atoms with van der Waals surface area (Å²) in [6, 6.07) is 13.0. The number of nitrogens with one attached hydrogen (secondary N) is 2. The van der Waals surface area contributed by atoms with Gasteiger partial charge in [-0.15, -0.1) is 0 Å². The van der Waals surface area contributed by atoms with E-state index in [1.807, 2.05) is 0 Å². The van der Waals surface area contributed by atoms with Crippen molar-refractivity contribution in [2.75, 3.05) is 19.7 Å². The van der Waals surface area contributed by atoms with Gasteiger partial charge in [-0.05, 0) is 66.8 Å². The normalized spacial score (nSPS) is 15.1. The highest BCUT2D eigenvalue weighted by molar-refractivity contribution is 7.89. The molecule has 0 spiro atoms. The maximum Gasteiger partial charge on any atom is 0.269 e. The Bertz CT molecular complexity index is 1120. The fraction of sp³-hybridized carbons (Fsp3) is 0.385. The van der Waals surface area contributed by atoms with E-state index in [1.165, 1.54) is 6.08 Å². The van der Waals surface area contributed by atoms with Crippen molar-refractivity contribution in [2.45, 2.75) is 44.4 Å².